The molecule has 170 valence electrons. The largest absolute Gasteiger partial charge is 0.484 e. The number of hydrogen-bond donors (Lipinski definition) is 2. The Morgan fingerprint density at radius 1 is 1.12 bits per heavy atom. The smallest absolute Gasteiger partial charge is 0.291 e. The number of carbonyl (C=O) groups is 2. The summed E-state index contributed by atoms with van der Waals surface area (Å²) < 4.78 is 12.2. The van der Waals surface area contributed by atoms with Crippen molar-refractivity contribution < 1.29 is 18.7 Å². The maximum atomic E-state index is 12.9. The molecule has 4 rings (SSSR count). The number of halogens is 1. The van der Waals surface area contributed by atoms with Gasteiger partial charge < -0.3 is 14.5 Å². The standard InChI is InChI=1S/C25H24BrN3O4/c1-15-11-12-19(18(26)13-15)27-25(31)24-16(2)23-20(9-6-10-21(23)33-24)28-29-22(30)14-32-17-7-4-3-5-8-17/h3-5,7-8,11-13H,6,9-10,14H2,1-2H3,(H,27,31)(H,29,30)/b28-20+. The van der Waals surface area contributed by atoms with Crippen molar-refractivity contribution in [3.05, 3.63) is 81.2 Å². The third kappa shape index (κ3) is 5.34. The minimum Gasteiger partial charge on any atom is -0.484 e. The normalized spacial score (nSPS) is 14.0. The van der Waals surface area contributed by atoms with Crippen LogP contribution in [0.2, 0.25) is 0 Å². The van der Waals surface area contributed by atoms with E-state index in [1.54, 1.807) is 12.1 Å². The summed E-state index contributed by atoms with van der Waals surface area (Å²) in [6, 6.07) is 14.8. The number of aryl methyl sites for hydroxylation is 2. The highest BCUT2D eigenvalue weighted by Crippen LogP contribution is 2.31. The third-order valence-electron chi connectivity index (χ3n) is 5.33. The van der Waals surface area contributed by atoms with Crippen molar-refractivity contribution in [2.45, 2.75) is 33.1 Å². The average Bonchev–Trinajstić information content (AvgIpc) is 3.16. The highest BCUT2D eigenvalue weighted by molar-refractivity contribution is 9.10. The van der Waals surface area contributed by atoms with Gasteiger partial charge in [0.1, 0.15) is 11.5 Å². The first kappa shape index (κ1) is 22.8. The zero-order valence-corrected chi connectivity index (χ0v) is 20.0. The Kier molecular flexibility index (Phi) is 6.93. The van der Waals surface area contributed by atoms with Gasteiger partial charge >= 0.3 is 0 Å². The van der Waals surface area contributed by atoms with Gasteiger partial charge in [0.2, 0.25) is 0 Å². The lowest BCUT2D eigenvalue weighted by molar-refractivity contribution is -0.123. The molecule has 1 aromatic heterocycles. The second-order valence-electron chi connectivity index (χ2n) is 7.84. The highest BCUT2D eigenvalue weighted by Gasteiger charge is 2.28. The van der Waals surface area contributed by atoms with Crippen molar-refractivity contribution in [2.75, 3.05) is 11.9 Å². The molecule has 8 heteroatoms. The second kappa shape index (κ2) is 10.0. The molecule has 0 radical (unpaired) electrons. The molecule has 3 aromatic rings. The number of rotatable bonds is 6. The number of hydrogen-bond acceptors (Lipinski definition) is 5. The van der Waals surface area contributed by atoms with E-state index in [0.29, 0.717) is 41.3 Å². The van der Waals surface area contributed by atoms with Gasteiger partial charge in [-0.05, 0) is 72.4 Å². The van der Waals surface area contributed by atoms with Crippen LogP contribution in [0.3, 0.4) is 0 Å². The first-order valence-electron chi connectivity index (χ1n) is 10.7. The van der Waals surface area contributed by atoms with Gasteiger partial charge in [0.15, 0.2) is 12.4 Å². The fraction of sp³-hybridized carbons (Fsp3) is 0.240. The number of fused-ring (bicyclic) bond motifs is 1. The van der Waals surface area contributed by atoms with Crippen molar-refractivity contribution >= 4 is 39.1 Å². The van der Waals surface area contributed by atoms with Gasteiger partial charge in [-0.15, -0.1) is 0 Å². The van der Waals surface area contributed by atoms with Crippen LogP contribution in [0.15, 0.2) is 62.5 Å². The molecule has 2 amide bonds. The molecule has 0 bridgehead atoms. The Labute approximate surface area is 200 Å². The van der Waals surface area contributed by atoms with E-state index >= 15 is 0 Å². The van der Waals surface area contributed by atoms with Gasteiger partial charge in [0, 0.05) is 22.0 Å². The number of ether oxygens (including phenoxy) is 1. The lowest BCUT2D eigenvalue weighted by Crippen LogP contribution is -2.27. The monoisotopic (exact) mass is 509 g/mol. The molecule has 0 saturated heterocycles. The molecule has 1 aliphatic carbocycles. The van der Waals surface area contributed by atoms with Crippen LogP contribution >= 0.6 is 15.9 Å². The fourth-order valence-electron chi connectivity index (χ4n) is 3.72. The van der Waals surface area contributed by atoms with Gasteiger partial charge in [-0.25, -0.2) is 5.43 Å². The lowest BCUT2D eigenvalue weighted by Gasteiger charge is -2.13. The predicted octanol–water partition coefficient (Wildman–Crippen LogP) is 5.15. The van der Waals surface area contributed by atoms with Crippen LogP contribution in [-0.4, -0.2) is 24.1 Å². The molecule has 0 spiro atoms. The van der Waals surface area contributed by atoms with E-state index in [1.807, 2.05) is 50.2 Å². The van der Waals surface area contributed by atoms with Crippen molar-refractivity contribution in [3.8, 4) is 5.75 Å². The minimum atomic E-state index is -0.359. The van der Waals surface area contributed by atoms with Gasteiger partial charge in [-0.1, -0.05) is 24.3 Å². The molecule has 7 nitrogen and oxygen atoms in total. The summed E-state index contributed by atoms with van der Waals surface area (Å²) in [7, 11) is 0. The molecule has 1 heterocycles. The third-order valence-corrected chi connectivity index (χ3v) is 5.99. The molecule has 33 heavy (non-hydrogen) atoms. The number of furan rings is 1. The first-order valence-corrected chi connectivity index (χ1v) is 11.4. The summed E-state index contributed by atoms with van der Waals surface area (Å²) in [5.74, 6) is 0.885. The topological polar surface area (TPSA) is 92.9 Å². The van der Waals surface area contributed by atoms with E-state index in [1.165, 1.54) is 0 Å². The maximum absolute atomic E-state index is 12.9. The molecular weight excluding hydrogens is 486 g/mol. The zero-order chi connectivity index (χ0) is 23.4. The molecule has 0 saturated carbocycles. The number of amides is 2. The average molecular weight is 510 g/mol. The summed E-state index contributed by atoms with van der Waals surface area (Å²) in [5, 5.41) is 7.21. The maximum Gasteiger partial charge on any atom is 0.291 e. The van der Waals surface area contributed by atoms with E-state index in [2.05, 4.69) is 31.8 Å². The minimum absolute atomic E-state index is 0.142. The van der Waals surface area contributed by atoms with E-state index in [9.17, 15) is 9.59 Å². The number of nitrogens with one attached hydrogen (secondary N) is 2. The van der Waals surface area contributed by atoms with Crippen molar-refractivity contribution in [2.24, 2.45) is 5.10 Å². The zero-order valence-electron chi connectivity index (χ0n) is 18.4. The molecule has 0 aliphatic heterocycles. The molecule has 2 N–H and O–H groups in total. The van der Waals surface area contributed by atoms with Crippen LogP contribution in [0.4, 0.5) is 5.69 Å². The number of hydrazone groups is 1. The molecule has 0 atom stereocenters. The van der Waals surface area contributed by atoms with E-state index in [0.717, 1.165) is 22.0 Å². The van der Waals surface area contributed by atoms with Crippen LogP contribution in [0.25, 0.3) is 0 Å². The summed E-state index contributed by atoms with van der Waals surface area (Å²) in [6.45, 7) is 3.67. The Balaban J connectivity index is 1.47. The second-order valence-corrected chi connectivity index (χ2v) is 8.69. The SMILES string of the molecule is Cc1ccc(NC(=O)c2oc3c(c2C)/C(=N/NC(=O)COc2ccccc2)CCC3)c(Br)c1. The lowest BCUT2D eigenvalue weighted by atomic mass is 9.93. The Hall–Kier alpha value is -3.39. The van der Waals surface area contributed by atoms with Crippen LogP contribution < -0.4 is 15.5 Å². The van der Waals surface area contributed by atoms with Crippen molar-refractivity contribution in [1.29, 1.82) is 0 Å². The van der Waals surface area contributed by atoms with Crippen LogP contribution in [0.1, 0.15) is 45.8 Å². The van der Waals surface area contributed by atoms with Gasteiger partial charge in [0.25, 0.3) is 11.8 Å². The fourth-order valence-corrected chi connectivity index (χ4v) is 4.32. The predicted molar refractivity (Wildman–Crippen MR) is 130 cm³/mol. The molecule has 0 unspecified atom stereocenters. The van der Waals surface area contributed by atoms with E-state index < -0.39 is 0 Å². The quantitative estimate of drug-likeness (QED) is 0.449. The van der Waals surface area contributed by atoms with Crippen LogP contribution in [-0.2, 0) is 11.2 Å². The Bertz CT molecular complexity index is 1220. The molecule has 2 aromatic carbocycles. The summed E-state index contributed by atoms with van der Waals surface area (Å²) in [4.78, 5) is 25.1. The molecule has 1 aliphatic rings. The van der Waals surface area contributed by atoms with Crippen molar-refractivity contribution in [1.82, 2.24) is 5.43 Å². The van der Waals surface area contributed by atoms with Gasteiger partial charge in [-0.3, -0.25) is 9.59 Å². The summed E-state index contributed by atoms with van der Waals surface area (Å²) >= 11 is 3.48. The number of benzene rings is 2. The number of nitrogens with zero attached hydrogens (tertiary/aromatic N) is 1. The van der Waals surface area contributed by atoms with Gasteiger partial charge in [0.05, 0.1) is 11.4 Å². The Morgan fingerprint density at radius 2 is 1.91 bits per heavy atom. The van der Waals surface area contributed by atoms with Crippen molar-refractivity contribution in [3.63, 3.8) is 0 Å². The summed E-state index contributed by atoms with van der Waals surface area (Å²) in [5.41, 5.74) is 6.50. The number of para-hydroxylation sites is 1. The molecular formula is C25H24BrN3O4. The highest BCUT2D eigenvalue weighted by atomic mass is 79.9. The number of anilines is 1. The first-order chi connectivity index (χ1) is 15.9. The van der Waals surface area contributed by atoms with Crippen LogP contribution in [0.5, 0.6) is 5.75 Å². The van der Waals surface area contributed by atoms with E-state index in [-0.39, 0.29) is 24.2 Å². The summed E-state index contributed by atoms with van der Waals surface area (Å²) in [6.07, 6.45) is 2.21. The molecule has 0 fully saturated rings. The van der Waals surface area contributed by atoms with Gasteiger partial charge in [-0.2, -0.15) is 5.10 Å². The van der Waals surface area contributed by atoms with E-state index in [4.69, 9.17) is 9.15 Å². The van der Waals surface area contributed by atoms with Crippen LogP contribution in [0, 0.1) is 13.8 Å². The Morgan fingerprint density at radius 3 is 2.67 bits per heavy atom. The number of carbonyl (C=O) groups excluding carboxylic acids is 2.